The second kappa shape index (κ2) is 11.0. The van der Waals surface area contributed by atoms with E-state index in [9.17, 15) is 4.79 Å². The van der Waals surface area contributed by atoms with Crippen LogP contribution in [0.5, 0.6) is 5.75 Å². The van der Waals surface area contributed by atoms with Gasteiger partial charge in [0.15, 0.2) is 5.96 Å². The maximum Gasteiger partial charge on any atom is 0.243 e. The molecule has 0 saturated carbocycles. The molecule has 0 aliphatic heterocycles. The third kappa shape index (κ3) is 7.56. The molecule has 6 nitrogen and oxygen atoms in total. The van der Waals surface area contributed by atoms with Crippen molar-refractivity contribution in [3.05, 3.63) is 29.8 Å². The van der Waals surface area contributed by atoms with E-state index < -0.39 is 0 Å². The summed E-state index contributed by atoms with van der Waals surface area (Å²) in [6.45, 7) is 5.93. The Hall–Kier alpha value is -1.89. The van der Waals surface area contributed by atoms with E-state index in [1.165, 1.54) is 5.56 Å². The van der Waals surface area contributed by atoms with Crippen molar-refractivity contribution in [1.29, 1.82) is 0 Å². The Labute approximate surface area is 161 Å². The first kappa shape index (κ1) is 22.2. The van der Waals surface area contributed by atoms with Gasteiger partial charge in [0.2, 0.25) is 5.91 Å². The quantitative estimate of drug-likeness (QED) is 0.389. The molecule has 0 radical (unpaired) electrons. The standard InChI is InChI=1S/C19H32N4O2S/c1-19(2,15-8-7-9-16(12-15)25-5)14-22-18(20-10-11-26-6)21-13-17(24)23(3)4/h7-9,12H,10-11,13-14H2,1-6H3,(H2,20,21,22). The fraction of sp³-hybridized carbons (Fsp3) is 0.579. The summed E-state index contributed by atoms with van der Waals surface area (Å²) in [4.78, 5) is 17.8. The van der Waals surface area contributed by atoms with E-state index >= 15 is 0 Å². The Morgan fingerprint density at radius 1 is 1.31 bits per heavy atom. The summed E-state index contributed by atoms with van der Waals surface area (Å²) in [7, 11) is 5.14. The van der Waals surface area contributed by atoms with Crippen molar-refractivity contribution < 1.29 is 9.53 Å². The Bertz CT molecular complexity index is 603. The predicted molar refractivity (Wildman–Crippen MR) is 111 cm³/mol. The number of carbonyl (C=O) groups is 1. The molecule has 1 aromatic rings. The van der Waals surface area contributed by atoms with Crippen LogP contribution in [0.25, 0.3) is 0 Å². The number of thioether (sulfide) groups is 1. The van der Waals surface area contributed by atoms with Crippen molar-refractivity contribution in [2.45, 2.75) is 19.3 Å². The van der Waals surface area contributed by atoms with Gasteiger partial charge >= 0.3 is 0 Å². The molecule has 0 saturated heterocycles. The molecule has 0 aromatic heterocycles. The summed E-state index contributed by atoms with van der Waals surface area (Å²) >= 11 is 1.76. The van der Waals surface area contributed by atoms with Crippen LogP contribution in [-0.2, 0) is 10.2 Å². The van der Waals surface area contributed by atoms with Gasteiger partial charge in [0.25, 0.3) is 0 Å². The first-order valence-electron chi connectivity index (χ1n) is 8.66. The second-order valence-corrected chi connectivity index (χ2v) is 7.83. The van der Waals surface area contributed by atoms with Crippen LogP contribution < -0.4 is 15.4 Å². The van der Waals surface area contributed by atoms with Gasteiger partial charge in [-0.05, 0) is 24.0 Å². The minimum Gasteiger partial charge on any atom is -0.497 e. The van der Waals surface area contributed by atoms with Crippen molar-refractivity contribution in [3.8, 4) is 5.75 Å². The molecule has 7 heteroatoms. The lowest BCUT2D eigenvalue weighted by Crippen LogP contribution is -2.44. The van der Waals surface area contributed by atoms with Crippen LogP contribution in [0.15, 0.2) is 29.3 Å². The van der Waals surface area contributed by atoms with Crippen molar-refractivity contribution in [2.75, 3.05) is 52.8 Å². The molecule has 1 rings (SSSR count). The zero-order valence-corrected chi connectivity index (χ0v) is 17.6. The predicted octanol–water partition coefficient (Wildman–Crippen LogP) is 1.96. The lowest BCUT2D eigenvalue weighted by atomic mass is 9.84. The molecular formula is C19H32N4O2S. The number of ether oxygens (including phenoxy) is 1. The molecule has 1 amide bonds. The highest BCUT2D eigenvalue weighted by molar-refractivity contribution is 7.98. The SMILES string of the molecule is COc1cccc(C(C)(C)CNC(=NCC(=O)N(C)C)NCCSC)c1. The van der Waals surface area contributed by atoms with E-state index in [1.807, 2.05) is 12.1 Å². The van der Waals surface area contributed by atoms with Crippen molar-refractivity contribution in [3.63, 3.8) is 0 Å². The van der Waals surface area contributed by atoms with Gasteiger partial charge in [-0.15, -0.1) is 0 Å². The first-order chi connectivity index (χ1) is 12.3. The zero-order chi connectivity index (χ0) is 19.6. The summed E-state index contributed by atoms with van der Waals surface area (Å²) in [5.41, 5.74) is 1.05. The first-order valence-corrected chi connectivity index (χ1v) is 10.1. The summed E-state index contributed by atoms with van der Waals surface area (Å²) in [6, 6.07) is 8.08. The normalized spacial score (nSPS) is 11.8. The maximum absolute atomic E-state index is 11.8. The Balaban J connectivity index is 2.78. The van der Waals surface area contributed by atoms with Crippen molar-refractivity contribution in [2.24, 2.45) is 4.99 Å². The number of amides is 1. The van der Waals surface area contributed by atoms with Gasteiger partial charge in [-0.2, -0.15) is 11.8 Å². The number of benzene rings is 1. The van der Waals surface area contributed by atoms with E-state index in [0.29, 0.717) is 12.5 Å². The van der Waals surface area contributed by atoms with Gasteiger partial charge in [0.05, 0.1) is 7.11 Å². The Kier molecular flexibility index (Phi) is 9.34. The van der Waals surface area contributed by atoms with Gasteiger partial charge < -0.3 is 20.3 Å². The minimum absolute atomic E-state index is 0.0250. The van der Waals surface area contributed by atoms with E-state index in [1.54, 1.807) is 37.9 Å². The maximum atomic E-state index is 11.8. The van der Waals surface area contributed by atoms with E-state index in [-0.39, 0.29) is 17.9 Å². The largest absolute Gasteiger partial charge is 0.497 e. The van der Waals surface area contributed by atoms with E-state index in [4.69, 9.17) is 4.74 Å². The third-order valence-electron chi connectivity index (χ3n) is 4.02. The number of likely N-dealkylation sites (N-methyl/N-ethyl adjacent to an activating group) is 1. The number of rotatable bonds is 9. The highest BCUT2D eigenvalue weighted by Gasteiger charge is 2.21. The molecule has 0 spiro atoms. The summed E-state index contributed by atoms with van der Waals surface area (Å²) in [5, 5.41) is 6.65. The van der Waals surface area contributed by atoms with Crippen LogP contribution in [0.4, 0.5) is 0 Å². The lowest BCUT2D eigenvalue weighted by Gasteiger charge is -2.27. The monoisotopic (exact) mass is 380 g/mol. The molecule has 0 aliphatic carbocycles. The van der Waals surface area contributed by atoms with Crippen molar-refractivity contribution in [1.82, 2.24) is 15.5 Å². The third-order valence-corrected chi connectivity index (χ3v) is 4.63. The van der Waals surface area contributed by atoms with Crippen LogP contribution in [0.1, 0.15) is 19.4 Å². The molecule has 0 bridgehead atoms. The highest BCUT2D eigenvalue weighted by Crippen LogP contribution is 2.25. The number of carbonyl (C=O) groups excluding carboxylic acids is 1. The number of methoxy groups -OCH3 is 1. The van der Waals surface area contributed by atoms with E-state index in [2.05, 4.69) is 47.9 Å². The molecular weight excluding hydrogens is 348 g/mol. The second-order valence-electron chi connectivity index (χ2n) is 6.84. The van der Waals surface area contributed by atoms with Crippen LogP contribution in [0.3, 0.4) is 0 Å². The molecule has 0 unspecified atom stereocenters. The van der Waals surface area contributed by atoms with Gasteiger partial charge in [0, 0.05) is 38.4 Å². The number of aliphatic imine (C=N–C) groups is 1. The molecule has 146 valence electrons. The van der Waals surface area contributed by atoms with Gasteiger partial charge in [-0.25, -0.2) is 4.99 Å². The number of hydrogen-bond donors (Lipinski definition) is 2. The molecule has 0 aliphatic rings. The molecule has 0 heterocycles. The fourth-order valence-electron chi connectivity index (χ4n) is 2.18. The zero-order valence-electron chi connectivity index (χ0n) is 16.8. The fourth-order valence-corrected chi connectivity index (χ4v) is 2.49. The highest BCUT2D eigenvalue weighted by atomic mass is 32.2. The van der Waals surface area contributed by atoms with Crippen molar-refractivity contribution >= 4 is 23.6 Å². The number of hydrogen-bond acceptors (Lipinski definition) is 4. The Morgan fingerprint density at radius 3 is 2.65 bits per heavy atom. The summed E-state index contributed by atoms with van der Waals surface area (Å²) < 4.78 is 5.33. The number of nitrogens with zero attached hydrogens (tertiary/aromatic N) is 2. The minimum atomic E-state index is -0.123. The molecule has 0 atom stereocenters. The Morgan fingerprint density at radius 2 is 2.04 bits per heavy atom. The van der Waals surface area contributed by atoms with Crippen LogP contribution in [-0.4, -0.2) is 69.6 Å². The van der Waals surface area contributed by atoms with Crippen LogP contribution in [0.2, 0.25) is 0 Å². The van der Waals surface area contributed by atoms with Crippen LogP contribution in [0, 0.1) is 0 Å². The number of nitrogens with one attached hydrogen (secondary N) is 2. The topological polar surface area (TPSA) is 66.0 Å². The van der Waals surface area contributed by atoms with Gasteiger partial charge in [-0.1, -0.05) is 26.0 Å². The molecule has 2 N–H and O–H groups in total. The smallest absolute Gasteiger partial charge is 0.243 e. The molecule has 1 aromatic carbocycles. The number of guanidine groups is 1. The van der Waals surface area contributed by atoms with E-state index in [0.717, 1.165) is 18.0 Å². The average molecular weight is 381 g/mol. The van der Waals surface area contributed by atoms with Gasteiger partial charge in [0.1, 0.15) is 12.3 Å². The lowest BCUT2D eigenvalue weighted by molar-refractivity contribution is -0.127. The van der Waals surface area contributed by atoms with Crippen LogP contribution >= 0.6 is 11.8 Å². The average Bonchev–Trinajstić information content (AvgIpc) is 2.63. The van der Waals surface area contributed by atoms with Gasteiger partial charge in [-0.3, -0.25) is 4.79 Å². The molecule has 26 heavy (non-hydrogen) atoms. The molecule has 0 fully saturated rings. The summed E-state index contributed by atoms with van der Waals surface area (Å²) in [6.07, 6.45) is 2.06. The summed E-state index contributed by atoms with van der Waals surface area (Å²) in [5.74, 6) is 2.45.